The predicted molar refractivity (Wildman–Crippen MR) is 59.7 cm³/mol. The molecule has 88 valence electrons. The fraction of sp³-hybridized carbons (Fsp3) is 0.417. The minimum absolute atomic E-state index is 0.395. The summed E-state index contributed by atoms with van der Waals surface area (Å²) in [5.41, 5.74) is 0. The summed E-state index contributed by atoms with van der Waals surface area (Å²) < 4.78 is 15.2. The molecule has 0 radical (unpaired) electrons. The summed E-state index contributed by atoms with van der Waals surface area (Å²) in [5.74, 6) is 0.996. The zero-order valence-electron chi connectivity index (χ0n) is 9.73. The molecule has 1 unspecified atom stereocenters. The monoisotopic (exact) mass is 224 g/mol. The molecule has 0 heterocycles. The van der Waals surface area contributed by atoms with Gasteiger partial charge in [-0.2, -0.15) is 0 Å². The molecule has 1 atom stereocenters. The number of carbonyl (C=O) groups is 1. The summed E-state index contributed by atoms with van der Waals surface area (Å²) in [5, 5.41) is 0. The summed E-state index contributed by atoms with van der Waals surface area (Å²) in [6, 6.07) is 7.10. The van der Waals surface area contributed by atoms with E-state index in [0.717, 1.165) is 5.75 Å². The van der Waals surface area contributed by atoms with Crippen molar-refractivity contribution in [2.75, 3.05) is 13.7 Å². The van der Waals surface area contributed by atoms with E-state index in [2.05, 4.69) is 4.74 Å². The summed E-state index contributed by atoms with van der Waals surface area (Å²) in [6.45, 7) is 4.19. The molecule has 4 nitrogen and oxygen atoms in total. The van der Waals surface area contributed by atoms with E-state index < -0.39 is 12.1 Å². The normalized spacial score (nSPS) is 11.7. The highest BCUT2D eigenvalue weighted by Gasteiger charge is 2.14. The lowest BCUT2D eigenvalue weighted by Gasteiger charge is -2.12. The smallest absolute Gasteiger partial charge is 0.346 e. The largest absolute Gasteiger partial charge is 0.494 e. The number of rotatable bonds is 5. The molecule has 0 fully saturated rings. The van der Waals surface area contributed by atoms with Crippen molar-refractivity contribution in [3.8, 4) is 11.5 Å². The third kappa shape index (κ3) is 3.46. The van der Waals surface area contributed by atoms with E-state index in [-0.39, 0.29) is 0 Å². The standard InChI is InChI=1S/C12H16O4/c1-4-15-10-5-7-11(8-6-10)16-9(2)12(13)14-3/h5-9H,4H2,1-3H3. The van der Waals surface area contributed by atoms with Gasteiger partial charge in [0.25, 0.3) is 0 Å². The average Bonchev–Trinajstić information content (AvgIpc) is 2.31. The van der Waals surface area contributed by atoms with E-state index in [4.69, 9.17) is 9.47 Å². The lowest BCUT2D eigenvalue weighted by atomic mass is 10.3. The molecule has 0 bridgehead atoms. The van der Waals surface area contributed by atoms with Gasteiger partial charge in [-0.3, -0.25) is 0 Å². The second-order valence-corrected chi connectivity index (χ2v) is 3.19. The van der Waals surface area contributed by atoms with Crippen molar-refractivity contribution in [1.29, 1.82) is 0 Å². The number of hydrogen-bond donors (Lipinski definition) is 0. The Balaban J connectivity index is 2.58. The molecule has 0 saturated carbocycles. The van der Waals surface area contributed by atoms with Crippen molar-refractivity contribution in [2.24, 2.45) is 0 Å². The third-order valence-electron chi connectivity index (χ3n) is 1.98. The van der Waals surface area contributed by atoms with Crippen LogP contribution in [0, 0.1) is 0 Å². The first-order chi connectivity index (χ1) is 7.67. The molecule has 0 aliphatic carbocycles. The molecule has 0 N–H and O–H groups in total. The van der Waals surface area contributed by atoms with Gasteiger partial charge in [-0.05, 0) is 38.1 Å². The molecule has 0 aliphatic rings. The van der Waals surface area contributed by atoms with Crippen LogP contribution in [0.15, 0.2) is 24.3 Å². The third-order valence-corrected chi connectivity index (χ3v) is 1.98. The molecule has 0 spiro atoms. The number of carbonyl (C=O) groups excluding carboxylic acids is 1. The Labute approximate surface area is 95.1 Å². The van der Waals surface area contributed by atoms with Gasteiger partial charge >= 0.3 is 5.97 Å². The minimum atomic E-state index is -0.608. The topological polar surface area (TPSA) is 44.8 Å². The minimum Gasteiger partial charge on any atom is -0.494 e. The number of esters is 1. The summed E-state index contributed by atoms with van der Waals surface area (Å²) in [6.07, 6.45) is -0.608. The summed E-state index contributed by atoms with van der Waals surface area (Å²) in [4.78, 5) is 11.1. The van der Waals surface area contributed by atoms with Crippen molar-refractivity contribution >= 4 is 5.97 Å². The first-order valence-electron chi connectivity index (χ1n) is 5.14. The number of methoxy groups -OCH3 is 1. The Hall–Kier alpha value is -1.71. The molecule has 0 aliphatic heterocycles. The maximum absolute atomic E-state index is 11.1. The molecule has 0 saturated heterocycles. The van der Waals surface area contributed by atoms with Crippen LogP contribution < -0.4 is 9.47 Å². The van der Waals surface area contributed by atoms with Gasteiger partial charge in [-0.1, -0.05) is 0 Å². The predicted octanol–water partition coefficient (Wildman–Crippen LogP) is 2.03. The highest BCUT2D eigenvalue weighted by molar-refractivity contribution is 5.74. The van der Waals surface area contributed by atoms with Gasteiger partial charge in [0.1, 0.15) is 11.5 Å². The van der Waals surface area contributed by atoms with Gasteiger partial charge < -0.3 is 14.2 Å². The molecular formula is C12H16O4. The van der Waals surface area contributed by atoms with Crippen LogP contribution in [-0.4, -0.2) is 25.8 Å². The molecule has 1 rings (SSSR count). The molecule has 16 heavy (non-hydrogen) atoms. The van der Waals surface area contributed by atoms with Crippen molar-refractivity contribution < 1.29 is 19.0 Å². The highest BCUT2D eigenvalue weighted by atomic mass is 16.6. The van der Waals surface area contributed by atoms with Gasteiger partial charge in [0.15, 0.2) is 6.10 Å². The van der Waals surface area contributed by atoms with E-state index in [1.165, 1.54) is 7.11 Å². The highest BCUT2D eigenvalue weighted by Crippen LogP contribution is 2.18. The van der Waals surface area contributed by atoms with E-state index in [1.54, 1.807) is 31.2 Å². The van der Waals surface area contributed by atoms with Crippen LogP contribution in [0.3, 0.4) is 0 Å². The van der Waals surface area contributed by atoms with Crippen molar-refractivity contribution in [1.82, 2.24) is 0 Å². The molecule has 1 aromatic carbocycles. The maximum Gasteiger partial charge on any atom is 0.346 e. The van der Waals surface area contributed by atoms with Crippen LogP contribution in [0.4, 0.5) is 0 Å². The number of hydrogen-bond acceptors (Lipinski definition) is 4. The van der Waals surface area contributed by atoms with Crippen LogP contribution in [0.2, 0.25) is 0 Å². The van der Waals surface area contributed by atoms with Crippen LogP contribution in [0.5, 0.6) is 11.5 Å². The second-order valence-electron chi connectivity index (χ2n) is 3.19. The van der Waals surface area contributed by atoms with Gasteiger partial charge in [0.2, 0.25) is 0 Å². The zero-order valence-corrected chi connectivity index (χ0v) is 9.73. The van der Waals surface area contributed by atoms with Gasteiger partial charge in [0, 0.05) is 0 Å². The Morgan fingerprint density at radius 2 is 1.81 bits per heavy atom. The second kappa shape index (κ2) is 6.00. The quantitative estimate of drug-likeness (QED) is 0.718. The summed E-state index contributed by atoms with van der Waals surface area (Å²) in [7, 11) is 1.33. The van der Waals surface area contributed by atoms with Crippen LogP contribution in [-0.2, 0) is 9.53 Å². The average molecular weight is 224 g/mol. The maximum atomic E-state index is 11.1. The molecule has 0 amide bonds. The van der Waals surface area contributed by atoms with Crippen molar-refractivity contribution in [3.05, 3.63) is 24.3 Å². The Kier molecular flexibility index (Phi) is 4.64. The van der Waals surface area contributed by atoms with Crippen LogP contribution in [0.25, 0.3) is 0 Å². The SMILES string of the molecule is CCOc1ccc(OC(C)C(=O)OC)cc1. The molecule has 0 aromatic heterocycles. The number of benzene rings is 1. The summed E-state index contributed by atoms with van der Waals surface area (Å²) >= 11 is 0. The van der Waals surface area contributed by atoms with E-state index in [9.17, 15) is 4.79 Å². The first-order valence-corrected chi connectivity index (χ1v) is 5.14. The Morgan fingerprint density at radius 1 is 1.25 bits per heavy atom. The number of ether oxygens (including phenoxy) is 3. The molecular weight excluding hydrogens is 208 g/mol. The zero-order chi connectivity index (χ0) is 12.0. The van der Waals surface area contributed by atoms with Gasteiger partial charge in [-0.25, -0.2) is 4.79 Å². The van der Waals surface area contributed by atoms with E-state index in [1.807, 2.05) is 6.92 Å². The van der Waals surface area contributed by atoms with E-state index in [0.29, 0.717) is 12.4 Å². The fourth-order valence-corrected chi connectivity index (χ4v) is 1.20. The van der Waals surface area contributed by atoms with Crippen LogP contribution in [0.1, 0.15) is 13.8 Å². The lowest BCUT2D eigenvalue weighted by Crippen LogP contribution is -2.24. The Bertz CT molecular complexity index is 331. The first kappa shape index (κ1) is 12.4. The van der Waals surface area contributed by atoms with Gasteiger partial charge in [0.05, 0.1) is 13.7 Å². The van der Waals surface area contributed by atoms with E-state index >= 15 is 0 Å². The molecule has 1 aromatic rings. The van der Waals surface area contributed by atoms with Crippen molar-refractivity contribution in [3.63, 3.8) is 0 Å². The lowest BCUT2D eigenvalue weighted by molar-refractivity contribution is -0.147. The molecule has 4 heteroatoms. The van der Waals surface area contributed by atoms with Crippen molar-refractivity contribution in [2.45, 2.75) is 20.0 Å². The van der Waals surface area contributed by atoms with Crippen LogP contribution >= 0.6 is 0 Å². The Morgan fingerprint density at radius 3 is 2.31 bits per heavy atom. The van der Waals surface area contributed by atoms with Gasteiger partial charge in [-0.15, -0.1) is 0 Å². The fourth-order valence-electron chi connectivity index (χ4n) is 1.20.